The standard InChI is InChI=1S/C20H27N5O4/c1-23-10-7-21-20(23)19(26)16-3-4-17(18(13-16)25(27)28)22-14-15-5-8-24(9-6-15)11-12-29-2/h3-4,7,10,13,15,22H,5-6,8-9,11-12,14H2,1-2H3. The molecule has 0 saturated carbocycles. The number of nitrogens with one attached hydrogen (secondary N) is 1. The molecule has 0 bridgehead atoms. The van der Waals surface area contributed by atoms with Gasteiger partial charge in [-0.05, 0) is 44.0 Å². The van der Waals surface area contributed by atoms with E-state index in [0.717, 1.165) is 39.1 Å². The fourth-order valence-corrected chi connectivity index (χ4v) is 3.58. The smallest absolute Gasteiger partial charge is 0.293 e. The molecule has 1 fully saturated rings. The van der Waals surface area contributed by atoms with Crippen molar-refractivity contribution in [3.8, 4) is 0 Å². The summed E-state index contributed by atoms with van der Waals surface area (Å²) in [5.74, 6) is 0.373. The van der Waals surface area contributed by atoms with Crippen molar-refractivity contribution < 1.29 is 14.5 Å². The Morgan fingerprint density at radius 1 is 1.38 bits per heavy atom. The molecule has 1 aliphatic heterocycles. The molecular weight excluding hydrogens is 374 g/mol. The molecule has 0 unspecified atom stereocenters. The minimum Gasteiger partial charge on any atom is -0.383 e. The van der Waals surface area contributed by atoms with Crippen LogP contribution >= 0.6 is 0 Å². The van der Waals surface area contributed by atoms with Gasteiger partial charge in [0, 0.05) is 51.3 Å². The number of ether oxygens (including phenoxy) is 1. The number of methoxy groups -OCH3 is 1. The molecule has 29 heavy (non-hydrogen) atoms. The number of nitro groups is 1. The maximum absolute atomic E-state index is 12.6. The second-order valence-corrected chi connectivity index (χ2v) is 7.34. The van der Waals surface area contributed by atoms with E-state index in [9.17, 15) is 14.9 Å². The van der Waals surface area contributed by atoms with Crippen LogP contribution in [-0.2, 0) is 11.8 Å². The SMILES string of the molecule is COCCN1CCC(CNc2ccc(C(=O)c3nccn3C)cc2[N+](=O)[O-])CC1. The van der Waals surface area contributed by atoms with Gasteiger partial charge in [-0.25, -0.2) is 4.98 Å². The summed E-state index contributed by atoms with van der Waals surface area (Å²) in [5.41, 5.74) is 0.596. The summed E-state index contributed by atoms with van der Waals surface area (Å²) in [6.45, 7) is 4.36. The Hall–Kier alpha value is -2.78. The summed E-state index contributed by atoms with van der Waals surface area (Å²) in [4.78, 5) is 30.1. The molecule has 1 aromatic carbocycles. The topological polar surface area (TPSA) is 103 Å². The van der Waals surface area contributed by atoms with Crippen LogP contribution in [-0.4, -0.2) is 65.1 Å². The lowest BCUT2D eigenvalue weighted by Gasteiger charge is -2.31. The van der Waals surface area contributed by atoms with Gasteiger partial charge in [-0.1, -0.05) is 0 Å². The van der Waals surface area contributed by atoms with Crippen molar-refractivity contribution >= 4 is 17.2 Å². The Labute approximate surface area is 169 Å². The highest BCUT2D eigenvalue weighted by Gasteiger charge is 2.23. The molecule has 9 nitrogen and oxygen atoms in total. The third-order valence-electron chi connectivity index (χ3n) is 5.38. The van der Waals surface area contributed by atoms with E-state index < -0.39 is 4.92 Å². The number of carbonyl (C=O) groups is 1. The number of aryl methyl sites for hydroxylation is 1. The Morgan fingerprint density at radius 3 is 2.76 bits per heavy atom. The van der Waals surface area contributed by atoms with Crippen LogP contribution in [0.5, 0.6) is 0 Å². The van der Waals surface area contributed by atoms with Crippen molar-refractivity contribution in [3.05, 3.63) is 52.1 Å². The van der Waals surface area contributed by atoms with Gasteiger partial charge in [-0.15, -0.1) is 0 Å². The number of hydrogen-bond donors (Lipinski definition) is 1. The number of anilines is 1. The average Bonchev–Trinajstić information content (AvgIpc) is 3.16. The zero-order valence-corrected chi connectivity index (χ0v) is 16.8. The van der Waals surface area contributed by atoms with Gasteiger partial charge >= 0.3 is 0 Å². The zero-order chi connectivity index (χ0) is 20.8. The quantitative estimate of drug-likeness (QED) is 0.391. The molecular formula is C20H27N5O4. The third kappa shape index (κ3) is 5.18. The number of nitro benzene ring substituents is 1. The van der Waals surface area contributed by atoms with Crippen molar-refractivity contribution in [2.45, 2.75) is 12.8 Å². The third-order valence-corrected chi connectivity index (χ3v) is 5.38. The van der Waals surface area contributed by atoms with E-state index in [4.69, 9.17) is 4.74 Å². The van der Waals surface area contributed by atoms with Crippen LogP contribution < -0.4 is 5.32 Å². The number of rotatable bonds is 9. The number of nitrogens with zero attached hydrogens (tertiary/aromatic N) is 4. The lowest BCUT2D eigenvalue weighted by Crippen LogP contribution is -2.37. The van der Waals surface area contributed by atoms with E-state index in [0.29, 0.717) is 18.2 Å². The Bertz CT molecular complexity index is 858. The molecule has 3 rings (SSSR count). The Kier molecular flexibility index (Phi) is 6.95. The van der Waals surface area contributed by atoms with E-state index in [1.807, 2.05) is 0 Å². The van der Waals surface area contributed by atoms with Crippen molar-refractivity contribution in [2.24, 2.45) is 13.0 Å². The monoisotopic (exact) mass is 401 g/mol. The fraction of sp³-hybridized carbons (Fsp3) is 0.500. The van der Waals surface area contributed by atoms with Gasteiger partial charge in [-0.3, -0.25) is 14.9 Å². The first kappa shape index (κ1) is 20.9. The molecule has 0 radical (unpaired) electrons. The first-order valence-electron chi connectivity index (χ1n) is 9.75. The lowest BCUT2D eigenvalue weighted by atomic mass is 9.96. The van der Waals surface area contributed by atoms with Gasteiger partial charge < -0.3 is 19.5 Å². The zero-order valence-electron chi connectivity index (χ0n) is 16.8. The second-order valence-electron chi connectivity index (χ2n) is 7.34. The number of imidazole rings is 1. The number of likely N-dealkylation sites (tertiary alicyclic amines) is 1. The van der Waals surface area contributed by atoms with Crippen LogP contribution in [0.3, 0.4) is 0 Å². The van der Waals surface area contributed by atoms with Gasteiger partial charge in [0.05, 0.1) is 11.5 Å². The molecule has 1 N–H and O–H groups in total. The molecule has 2 heterocycles. The number of carbonyl (C=O) groups excluding carboxylic acids is 1. The highest BCUT2D eigenvalue weighted by molar-refractivity contribution is 6.07. The minimum absolute atomic E-state index is 0.0948. The predicted molar refractivity (Wildman–Crippen MR) is 109 cm³/mol. The number of ketones is 1. The molecule has 1 aliphatic rings. The highest BCUT2D eigenvalue weighted by atomic mass is 16.6. The summed E-state index contributed by atoms with van der Waals surface area (Å²) in [5, 5.41) is 14.8. The molecule has 1 aromatic heterocycles. The van der Waals surface area contributed by atoms with E-state index >= 15 is 0 Å². The second kappa shape index (κ2) is 9.62. The summed E-state index contributed by atoms with van der Waals surface area (Å²) in [6, 6.07) is 4.55. The highest BCUT2D eigenvalue weighted by Crippen LogP contribution is 2.28. The number of piperidine rings is 1. The van der Waals surface area contributed by atoms with E-state index in [-0.39, 0.29) is 22.9 Å². The van der Waals surface area contributed by atoms with Crippen molar-refractivity contribution in [1.29, 1.82) is 0 Å². The van der Waals surface area contributed by atoms with Gasteiger partial charge in [0.25, 0.3) is 5.69 Å². The van der Waals surface area contributed by atoms with Crippen LogP contribution in [0, 0.1) is 16.0 Å². The van der Waals surface area contributed by atoms with Crippen molar-refractivity contribution in [3.63, 3.8) is 0 Å². The summed E-state index contributed by atoms with van der Waals surface area (Å²) < 4.78 is 6.72. The summed E-state index contributed by atoms with van der Waals surface area (Å²) in [7, 11) is 3.42. The fourth-order valence-electron chi connectivity index (χ4n) is 3.58. The average molecular weight is 401 g/mol. The molecule has 156 valence electrons. The van der Waals surface area contributed by atoms with Crippen LogP contribution in [0.2, 0.25) is 0 Å². The molecule has 0 atom stereocenters. The number of aromatic nitrogens is 2. The van der Waals surface area contributed by atoms with E-state index in [1.165, 1.54) is 12.3 Å². The van der Waals surface area contributed by atoms with Crippen LogP contribution in [0.25, 0.3) is 0 Å². The maximum Gasteiger partial charge on any atom is 0.293 e. The molecule has 0 aliphatic carbocycles. The van der Waals surface area contributed by atoms with E-state index in [2.05, 4.69) is 15.2 Å². The van der Waals surface area contributed by atoms with Gasteiger partial charge in [0.1, 0.15) is 5.69 Å². The Balaban J connectivity index is 1.63. The van der Waals surface area contributed by atoms with Gasteiger partial charge in [-0.2, -0.15) is 0 Å². The largest absolute Gasteiger partial charge is 0.383 e. The van der Waals surface area contributed by atoms with Crippen molar-refractivity contribution in [2.75, 3.05) is 45.2 Å². The Morgan fingerprint density at radius 2 is 2.14 bits per heavy atom. The van der Waals surface area contributed by atoms with Crippen LogP contribution in [0.4, 0.5) is 11.4 Å². The van der Waals surface area contributed by atoms with Crippen LogP contribution in [0.15, 0.2) is 30.6 Å². The van der Waals surface area contributed by atoms with Gasteiger partial charge in [0.2, 0.25) is 5.78 Å². The summed E-state index contributed by atoms with van der Waals surface area (Å²) in [6.07, 6.45) is 5.27. The first-order chi connectivity index (χ1) is 14.0. The number of benzene rings is 1. The van der Waals surface area contributed by atoms with Crippen molar-refractivity contribution in [1.82, 2.24) is 14.5 Å². The molecule has 0 amide bonds. The minimum atomic E-state index is -0.453. The maximum atomic E-state index is 12.6. The predicted octanol–water partition coefficient (Wildman–Crippen LogP) is 2.33. The molecule has 0 spiro atoms. The molecule has 1 saturated heterocycles. The summed E-state index contributed by atoms with van der Waals surface area (Å²) >= 11 is 0. The van der Waals surface area contributed by atoms with E-state index in [1.54, 1.807) is 37.1 Å². The molecule has 2 aromatic rings. The lowest BCUT2D eigenvalue weighted by molar-refractivity contribution is -0.384. The number of hydrogen-bond acceptors (Lipinski definition) is 7. The molecule has 9 heteroatoms. The first-order valence-corrected chi connectivity index (χ1v) is 9.75. The van der Waals surface area contributed by atoms with Crippen LogP contribution in [0.1, 0.15) is 29.0 Å². The normalized spacial score (nSPS) is 15.4. The van der Waals surface area contributed by atoms with Gasteiger partial charge in [0.15, 0.2) is 5.82 Å².